The average molecular weight is 258 g/mol. The van der Waals surface area contributed by atoms with E-state index in [0.29, 0.717) is 0 Å². The Bertz CT molecular complexity index is 493. The van der Waals surface area contributed by atoms with Gasteiger partial charge in [-0.3, -0.25) is 4.79 Å². The van der Waals surface area contributed by atoms with Crippen LogP contribution in [0.15, 0.2) is 36.9 Å². The summed E-state index contributed by atoms with van der Waals surface area (Å²) < 4.78 is 4.97. The van der Waals surface area contributed by atoms with E-state index < -0.39 is 5.41 Å². The minimum Gasteiger partial charge on any atom is -0.468 e. The van der Waals surface area contributed by atoms with Crippen molar-refractivity contribution >= 4 is 5.97 Å². The lowest BCUT2D eigenvalue weighted by Gasteiger charge is -2.21. The highest BCUT2D eigenvalue weighted by Gasteiger charge is 2.60. The standard InChI is InChI=1S/C17H22O2/c1-6-12-11-17(12,15(18)19-5)14-9-7-13(8-10-14)16(2,3)4/h6-10,12H,1,11H2,2-5H3/t12-,17+/m0/s1. The molecule has 1 saturated carbocycles. The number of hydrogen-bond donors (Lipinski definition) is 0. The molecule has 0 N–H and O–H groups in total. The Labute approximate surface area is 115 Å². The van der Waals surface area contributed by atoms with E-state index in [4.69, 9.17) is 4.74 Å². The summed E-state index contributed by atoms with van der Waals surface area (Å²) in [5.41, 5.74) is 1.94. The summed E-state index contributed by atoms with van der Waals surface area (Å²) in [5, 5.41) is 0. The molecule has 1 aromatic rings. The number of rotatable bonds is 3. The third kappa shape index (κ3) is 2.20. The molecule has 0 saturated heterocycles. The zero-order chi connectivity index (χ0) is 14.3. The average Bonchev–Trinajstić information content (AvgIpc) is 3.12. The maximum Gasteiger partial charge on any atom is 0.316 e. The molecule has 102 valence electrons. The molecule has 19 heavy (non-hydrogen) atoms. The van der Waals surface area contributed by atoms with Crippen LogP contribution in [-0.2, 0) is 20.4 Å². The first-order valence-electron chi connectivity index (χ1n) is 6.68. The van der Waals surface area contributed by atoms with Gasteiger partial charge in [0.2, 0.25) is 0 Å². The molecule has 2 nitrogen and oxygen atoms in total. The monoisotopic (exact) mass is 258 g/mol. The van der Waals surface area contributed by atoms with Gasteiger partial charge in [0, 0.05) is 0 Å². The fourth-order valence-electron chi connectivity index (χ4n) is 2.71. The van der Waals surface area contributed by atoms with Crippen LogP contribution in [0.4, 0.5) is 0 Å². The molecule has 0 aliphatic heterocycles. The number of benzene rings is 1. The molecule has 2 atom stereocenters. The van der Waals surface area contributed by atoms with Crippen LogP contribution in [0.25, 0.3) is 0 Å². The summed E-state index contributed by atoms with van der Waals surface area (Å²) >= 11 is 0. The SMILES string of the molecule is C=C[C@H]1C[C@]1(C(=O)OC)c1ccc(C(C)(C)C)cc1. The molecule has 1 fully saturated rings. The van der Waals surface area contributed by atoms with Crippen molar-refractivity contribution in [2.75, 3.05) is 7.11 Å². The molecule has 0 spiro atoms. The zero-order valence-electron chi connectivity index (χ0n) is 12.2. The Morgan fingerprint density at radius 1 is 1.37 bits per heavy atom. The maximum absolute atomic E-state index is 12.1. The summed E-state index contributed by atoms with van der Waals surface area (Å²) in [5.74, 6) is 0.0429. The molecular weight excluding hydrogens is 236 g/mol. The van der Waals surface area contributed by atoms with E-state index in [9.17, 15) is 4.79 Å². The van der Waals surface area contributed by atoms with Gasteiger partial charge in [-0.05, 0) is 28.9 Å². The Morgan fingerprint density at radius 2 is 1.95 bits per heavy atom. The van der Waals surface area contributed by atoms with Gasteiger partial charge < -0.3 is 4.74 Å². The molecule has 0 amide bonds. The van der Waals surface area contributed by atoms with Gasteiger partial charge in [-0.2, -0.15) is 0 Å². The minimum atomic E-state index is -0.493. The number of carbonyl (C=O) groups is 1. The second-order valence-electron chi connectivity index (χ2n) is 6.34. The van der Waals surface area contributed by atoms with E-state index in [-0.39, 0.29) is 17.3 Å². The smallest absolute Gasteiger partial charge is 0.316 e. The Kier molecular flexibility index (Phi) is 3.29. The molecule has 0 heterocycles. The van der Waals surface area contributed by atoms with Gasteiger partial charge in [0.25, 0.3) is 0 Å². The van der Waals surface area contributed by atoms with Gasteiger partial charge in [0.15, 0.2) is 0 Å². The number of carbonyl (C=O) groups excluding carboxylic acids is 1. The van der Waals surface area contributed by atoms with Crippen LogP contribution in [0.5, 0.6) is 0 Å². The first-order valence-corrected chi connectivity index (χ1v) is 6.68. The molecular formula is C17H22O2. The predicted octanol–water partition coefficient (Wildman–Crippen LogP) is 3.60. The highest BCUT2D eigenvalue weighted by atomic mass is 16.5. The molecule has 0 bridgehead atoms. The largest absolute Gasteiger partial charge is 0.468 e. The van der Waals surface area contributed by atoms with E-state index in [1.54, 1.807) is 0 Å². The van der Waals surface area contributed by atoms with Crippen LogP contribution in [0, 0.1) is 5.92 Å². The topological polar surface area (TPSA) is 26.3 Å². The Hall–Kier alpha value is -1.57. The van der Waals surface area contributed by atoms with E-state index in [1.807, 2.05) is 6.08 Å². The van der Waals surface area contributed by atoms with Crippen molar-refractivity contribution in [3.8, 4) is 0 Å². The predicted molar refractivity (Wildman–Crippen MR) is 77.1 cm³/mol. The van der Waals surface area contributed by atoms with Crippen molar-refractivity contribution in [2.45, 2.75) is 38.0 Å². The van der Waals surface area contributed by atoms with E-state index in [1.165, 1.54) is 12.7 Å². The second-order valence-corrected chi connectivity index (χ2v) is 6.34. The zero-order valence-corrected chi connectivity index (χ0v) is 12.2. The first kappa shape index (κ1) is 13.9. The number of hydrogen-bond acceptors (Lipinski definition) is 2. The van der Waals surface area contributed by atoms with Crippen molar-refractivity contribution in [2.24, 2.45) is 5.92 Å². The van der Waals surface area contributed by atoms with Gasteiger partial charge in [0.05, 0.1) is 12.5 Å². The van der Waals surface area contributed by atoms with Crippen LogP contribution in [0.1, 0.15) is 38.3 Å². The van der Waals surface area contributed by atoms with Crippen molar-refractivity contribution < 1.29 is 9.53 Å². The van der Waals surface area contributed by atoms with Crippen molar-refractivity contribution in [1.29, 1.82) is 0 Å². The third-order valence-electron chi connectivity index (χ3n) is 4.11. The lowest BCUT2D eigenvalue weighted by molar-refractivity contribution is -0.144. The summed E-state index contributed by atoms with van der Waals surface area (Å²) in [4.78, 5) is 12.1. The molecule has 0 unspecified atom stereocenters. The van der Waals surface area contributed by atoms with Gasteiger partial charge in [-0.25, -0.2) is 0 Å². The summed E-state index contributed by atoms with van der Waals surface area (Å²) in [6.45, 7) is 10.4. The van der Waals surface area contributed by atoms with Crippen LogP contribution < -0.4 is 0 Å². The highest BCUT2D eigenvalue weighted by Crippen LogP contribution is 2.55. The molecule has 1 aliphatic rings. The Morgan fingerprint density at radius 3 is 2.32 bits per heavy atom. The van der Waals surface area contributed by atoms with Gasteiger partial charge in [-0.1, -0.05) is 51.1 Å². The molecule has 2 heteroatoms. The maximum atomic E-state index is 12.1. The Balaban J connectivity index is 2.36. The lowest BCUT2D eigenvalue weighted by atomic mass is 9.84. The second kappa shape index (κ2) is 4.52. The fourth-order valence-corrected chi connectivity index (χ4v) is 2.71. The molecule has 2 rings (SSSR count). The number of ether oxygens (including phenoxy) is 1. The van der Waals surface area contributed by atoms with Gasteiger partial charge in [-0.15, -0.1) is 6.58 Å². The lowest BCUT2D eigenvalue weighted by Crippen LogP contribution is -2.24. The van der Waals surface area contributed by atoms with Gasteiger partial charge >= 0.3 is 5.97 Å². The van der Waals surface area contributed by atoms with Crippen molar-refractivity contribution in [3.63, 3.8) is 0 Å². The normalized spacial score (nSPS) is 25.8. The van der Waals surface area contributed by atoms with E-state index in [2.05, 4.69) is 51.6 Å². The number of allylic oxidation sites excluding steroid dienone is 1. The van der Waals surface area contributed by atoms with E-state index >= 15 is 0 Å². The van der Waals surface area contributed by atoms with Crippen molar-refractivity contribution in [3.05, 3.63) is 48.0 Å². The summed E-state index contributed by atoms with van der Waals surface area (Å²) in [6.07, 6.45) is 2.66. The molecule has 1 aliphatic carbocycles. The van der Waals surface area contributed by atoms with Crippen molar-refractivity contribution in [1.82, 2.24) is 0 Å². The van der Waals surface area contributed by atoms with E-state index in [0.717, 1.165) is 12.0 Å². The minimum absolute atomic E-state index is 0.123. The van der Waals surface area contributed by atoms with Crippen LogP contribution >= 0.6 is 0 Å². The summed E-state index contributed by atoms with van der Waals surface area (Å²) in [7, 11) is 1.45. The van der Waals surface area contributed by atoms with Crippen LogP contribution in [0.3, 0.4) is 0 Å². The van der Waals surface area contributed by atoms with Crippen LogP contribution in [0.2, 0.25) is 0 Å². The number of methoxy groups -OCH3 is 1. The van der Waals surface area contributed by atoms with Crippen LogP contribution in [-0.4, -0.2) is 13.1 Å². The summed E-state index contributed by atoms with van der Waals surface area (Å²) in [6, 6.07) is 8.33. The van der Waals surface area contributed by atoms with Gasteiger partial charge in [0.1, 0.15) is 0 Å². The highest BCUT2D eigenvalue weighted by molar-refractivity contribution is 5.88. The number of esters is 1. The third-order valence-corrected chi connectivity index (χ3v) is 4.11. The first-order chi connectivity index (χ1) is 8.86. The fraction of sp³-hybridized carbons (Fsp3) is 0.471. The quantitative estimate of drug-likeness (QED) is 0.611. The molecule has 0 radical (unpaired) electrons. The molecule has 1 aromatic carbocycles. The molecule has 0 aromatic heterocycles.